The van der Waals surface area contributed by atoms with Crippen LogP contribution in [0.5, 0.6) is 5.75 Å². The quantitative estimate of drug-likeness (QED) is 0.733. The average Bonchev–Trinajstić information content (AvgIpc) is 2.44. The topological polar surface area (TPSA) is 46.5 Å². The van der Waals surface area contributed by atoms with Gasteiger partial charge in [0.05, 0.1) is 0 Å². The van der Waals surface area contributed by atoms with Gasteiger partial charge >= 0.3 is 142 Å². The van der Waals surface area contributed by atoms with Crippen LogP contribution in [-0.4, -0.2) is 17.2 Å². The van der Waals surface area contributed by atoms with Gasteiger partial charge in [-0.25, -0.2) is 0 Å². The molecule has 4 heteroatoms. The average molecular weight is 411 g/mol. The van der Waals surface area contributed by atoms with Crippen LogP contribution in [0.3, 0.4) is 0 Å². The molecule has 0 aliphatic carbocycles. The molecule has 0 amide bonds. The molecule has 3 nitrogen and oxygen atoms in total. The number of carboxylic acid groups (broad SMARTS) is 1. The Bertz CT molecular complexity index is 654. The first kappa shape index (κ1) is 16.8. The minimum absolute atomic E-state index is 0.246. The molecule has 0 saturated heterocycles. The van der Waals surface area contributed by atoms with Gasteiger partial charge in [-0.15, -0.1) is 0 Å². The van der Waals surface area contributed by atoms with E-state index in [2.05, 4.69) is 32.9 Å². The number of aliphatic carboxylic acids is 1. The van der Waals surface area contributed by atoms with E-state index in [9.17, 15) is 4.79 Å². The second kappa shape index (κ2) is 7.13. The van der Waals surface area contributed by atoms with Crippen LogP contribution < -0.4 is 25.9 Å². The summed E-state index contributed by atoms with van der Waals surface area (Å²) < 4.78 is 8.11. The molecule has 118 valence electrons. The number of ether oxygens (including phenoxy) is 1. The van der Waals surface area contributed by atoms with Gasteiger partial charge in [0.15, 0.2) is 0 Å². The summed E-state index contributed by atoms with van der Waals surface area (Å²) >= 11 is -0.246. The molecular weight excluding hydrogens is 391 g/mol. The third kappa shape index (κ3) is 4.22. The Morgan fingerprint density at radius 1 is 1.09 bits per heavy atom. The zero-order valence-corrected chi connectivity index (χ0v) is 15.3. The van der Waals surface area contributed by atoms with Crippen LogP contribution in [0.2, 0.25) is 0 Å². The summed E-state index contributed by atoms with van der Waals surface area (Å²) in [5.41, 5.74) is 4.00. The van der Waals surface area contributed by atoms with Gasteiger partial charge in [0.25, 0.3) is 0 Å². The van der Waals surface area contributed by atoms with Crippen molar-refractivity contribution in [2.24, 2.45) is 0 Å². The molecule has 0 aromatic heterocycles. The summed E-state index contributed by atoms with van der Waals surface area (Å²) in [6.45, 7) is 7.99. The third-order valence-corrected chi connectivity index (χ3v) is 6.84. The van der Waals surface area contributed by atoms with Crippen molar-refractivity contribution in [2.75, 3.05) is 0 Å². The van der Waals surface area contributed by atoms with E-state index in [-0.39, 0.29) is 21.2 Å². The maximum absolute atomic E-state index is 10.8. The van der Waals surface area contributed by atoms with Gasteiger partial charge in [0, 0.05) is 0 Å². The zero-order valence-electron chi connectivity index (χ0n) is 13.2. The molecule has 0 saturated carbocycles. The Kier molecular flexibility index (Phi) is 5.45. The Balaban J connectivity index is 2.14. The van der Waals surface area contributed by atoms with E-state index < -0.39 is 12.1 Å². The van der Waals surface area contributed by atoms with Crippen LogP contribution in [0, 0.1) is 27.9 Å². The van der Waals surface area contributed by atoms with Crippen molar-refractivity contribution >= 4 is 5.97 Å². The van der Waals surface area contributed by atoms with E-state index in [4.69, 9.17) is 9.84 Å². The predicted molar refractivity (Wildman–Crippen MR) is 82.2 cm³/mol. The number of carbonyl (C=O) groups is 1. The Hall–Kier alpha value is -1.56. The molecule has 0 fully saturated rings. The van der Waals surface area contributed by atoms with Crippen LogP contribution in [0.4, 0.5) is 0 Å². The summed E-state index contributed by atoms with van der Waals surface area (Å²) in [4.78, 5) is 10.8. The maximum atomic E-state index is 10.8. The van der Waals surface area contributed by atoms with E-state index in [0.29, 0.717) is 5.75 Å². The molecule has 22 heavy (non-hydrogen) atoms. The first-order valence-corrected chi connectivity index (χ1v) is 9.25. The number of rotatable bonds is 5. The number of hydrogen-bond acceptors (Lipinski definition) is 2. The molecule has 0 bridgehead atoms. The predicted octanol–water partition coefficient (Wildman–Crippen LogP) is 0.592. The summed E-state index contributed by atoms with van der Waals surface area (Å²) in [5, 5.41) is 8.86. The fourth-order valence-corrected chi connectivity index (χ4v) is 4.76. The van der Waals surface area contributed by atoms with Crippen molar-refractivity contribution < 1.29 is 35.8 Å². The van der Waals surface area contributed by atoms with Crippen LogP contribution in [-0.2, 0) is 4.79 Å². The van der Waals surface area contributed by atoms with E-state index in [1.54, 1.807) is 0 Å². The van der Waals surface area contributed by atoms with Gasteiger partial charge in [-0.3, -0.25) is 0 Å². The molecule has 0 heterocycles. The van der Waals surface area contributed by atoms with Crippen molar-refractivity contribution in [3.8, 4) is 5.75 Å². The number of halogens is 1. The van der Waals surface area contributed by atoms with E-state index in [0.717, 1.165) is 0 Å². The normalized spacial score (nSPS) is 12.2. The molecule has 0 aliphatic heterocycles. The molecule has 0 aliphatic rings. The molecule has 2 aromatic carbocycles. The van der Waals surface area contributed by atoms with Gasteiger partial charge in [-0.1, -0.05) is 0 Å². The standard InChI is InChI=1S/C18H20IO3/c1-11-9-12(2)17(13(3)10-11)19-15-5-7-16(8-6-15)22-14(4)18(20)21/h5-10,14H,1-4H3,(H,20,21)/q-1. The first-order chi connectivity index (χ1) is 10.4. The monoisotopic (exact) mass is 411 g/mol. The van der Waals surface area contributed by atoms with Crippen molar-refractivity contribution in [2.45, 2.75) is 33.8 Å². The summed E-state index contributed by atoms with van der Waals surface area (Å²) in [5.74, 6) is -0.359. The van der Waals surface area contributed by atoms with Crippen molar-refractivity contribution in [3.63, 3.8) is 0 Å². The molecule has 0 radical (unpaired) electrons. The van der Waals surface area contributed by atoms with Crippen LogP contribution in [0.15, 0.2) is 36.4 Å². The zero-order chi connectivity index (χ0) is 16.3. The molecule has 2 aromatic rings. The van der Waals surface area contributed by atoms with E-state index in [1.807, 2.05) is 24.3 Å². The molecule has 0 spiro atoms. The van der Waals surface area contributed by atoms with Crippen molar-refractivity contribution in [1.29, 1.82) is 0 Å². The number of benzene rings is 2. The fourth-order valence-electron chi connectivity index (χ4n) is 2.25. The van der Waals surface area contributed by atoms with Gasteiger partial charge in [-0.2, -0.15) is 0 Å². The van der Waals surface area contributed by atoms with E-state index >= 15 is 0 Å². The van der Waals surface area contributed by atoms with Crippen molar-refractivity contribution in [3.05, 3.63) is 60.2 Å². The first-order valence-electron chi connectivity index (χ1n) is 7.09. The second-order valence-electron chi connectivity index (χ2n) is 5.36. The third-order valence-electron chi connectivity index (χ3n) is 3.26. The van der Waals surface area contributed by atoms with Crippen LogP contribution >= 0.6 is 0 Å². The number of aryl methyl sites for hydroxylation is 3. The molecule has 1 unspecified atom stereocenters. The summed E-state index contributed by atoms with van der Waals surface area (Å²) in [7, 11) is 0. The number of carboxylic acids is 1. The van der Waals surface area contributed by atoms with Crippen LogP contribution in [0.25, 0.3) is 0 Å². The van der Waals surface area contributed by atoms with Gasteiger partial charge in [0.1, 0.15) is 0 Å². The van der Waals surface area contributed by atoms with Gasteiger partial charge in [-0.05, 0) is 0 Å². The Labute approximate surface area is 141 Å². The molecular formula is C18H20IO3-. The van der Waals surface area contributed by atoms with Gasteiger partial charge in [0.2, 0.25) is 0 Å². The molecule has 1 atom stereocenters. The van der Waals surface area contributed by atoms with Crippen molar-refractivity contribution in [1.82, 2.24) is 0 Å². The minimum atomic E-state index is -0.956. The summed E-state index contributed by atoms with van der Waals surface area (Å²) in [6, 6.07) is 12.2. The Morgan fingerprint density at radius 2 is 1.64 bits per heavy atom. The van der Waals surface area contributed by atoms with Crippen LogP contribution in [0.1, 0.15) is 23.6 Å². The SMILES string of the molecule is Cc1cc(C)c([I-]c2ccc(OC(C)C(=O)O)cc2)c(C)c1. The second-order valence-corrected chi connectivity index (χ2v) is 8.22. The molecule has 2 rings (SSSR count). The van der Waals surface area contributed by atoms with Gasteiger partial charge < -0.3 is 0 Å². The molecule has 1 N–H and O–H groups in total. The Morgan fingerprint density at radius 3 is 2.14 bits per heavy atom. The fraction of sp³-hybridized carbons (Fsp3) is 0.278. The summed E-state index contributed by atoms with van der Waals surface area (Å²) in [6.07, 6.45) is -0.831. The number of hydrogen-bond donors (Lipinski definition) is 1. The van der Waals surface area contributed by atoms with E-state index in [1.165, 1.54) is 30.8 Å².